The zero-order valence-electron chi connectivity index (χ0n) is 10.8. The molecule has 2 rings (SSSR count). The van der Waals surface area contributed by atoms with E-state index in [2.05, 4.69) is 4.74 Å². The van der Waals surface area contributed by atoms with E-state index in [-0.39, 0.29) is 16.5 Å². The first-order valence-corrected chi connectivity index (χ1v) is 6.86. The molecular weight excluding hydrogens is 337 g/mol. The summed E-state index contributed by atoms with van der Waals surface area (Å²) in [5, 5.41) is 0.872. The Bertz CT molecular complexity index is 704. The number of ether oxygens (including phenoxy) is 2. The van der Waals surface area contributed by atoms with E-state index in [1.807, 2.05) is 0 Å². The summed E-state index contributed by atoms with van der Waals surface area (Å²) < 4.78 is 10.2. The van der Waals surface area contributed by atoms with Crippen molar-refractivity contribution in [2.45, 2.75) is 0 Å². The van der Waals surface area contributed by atoms with Gasteiger partial charge in [0.25, 0.3) is 0 Å². The topological polar surface area (TPSA) is 61.5 Å². The van der Waals surface area contributed by atoms with Crippen LogP contribution in [-0.2, 0) is 4.74 Å². The zero-order valence-corrected chi connectivity index (χ0v) is 13.1. The fraction of sp³-hybridized carbons (Fsp3) is 0.0714. The molecular formula is C14H10Cl3NO3. The smallest absolute Gasteiger partial charge is 0.337 e. The minimum absolute atomic E-state index is 0.262. The number of rotatable bonds is 3. The van der Waals surface area contributed by atoms with Gasteiger partial charge in [-0.15, -0.1) is 0 Å². The summed E-state index contributed by atoms with van der Waals surface area (Å²) in [6, 6.07) is 7.45. The third-order valence-corrected chi connectivity index (χ3v) is 3.65. The fourth-order valence-electron chi connectivity index (χ4n) is 1.57. The highest BCUT2D eigenvalue weighted by molar-refractivity contribution is 6.43. The highest BCUT2D eigenvalue weighted by atomic mass is 35.5. The predicted molar refractivity (Wildman–Crippen MR) is 83.7 cm³/mol. The monoisotopic (exact) mass is 345 g/mol. The highest BCUT2D eigenvalue weighted by Gasteiger charge is 2.13. The van der Waals surface area contributed by atoms with Gasteiger partial charge in [0.2, 0.25) is 0 Å². The molecule has 4 nitrogen and oxygen atoms in total. The predicted octanol–water partition coefficient (Wildman–Crippen LogP) is 4.81. The molecule has 0 heterocycles. The molecule has 0 fully saturated rings. The van der Waals surface area contributed by atoms with Crippen molar-refractivity contribution < 1.29 is 14.3 Å². The fourth-order valence-corrected chi connectivity index (χ4v) is 2.14. The summed E-state index contributed by atoms with van der Waals surface area (Å²) >= 11 is 17.8. The van der Waals surface area contributed by atoms with Gasteiger partial charge in [0.15, 0.2) is 5.75 Å². The van der Waals surface area contributed by atoms with Crippen molar-refractivity contribution >= 4 is 46.5 Å². The van der Waals surface area contributed by atoms with Gasteiger partial charge >= 0.3 is 5.97 Å². The number of methoxy groups -OCH3 is 1. The number of carbonyl (C=O) groups excluding carboxylic acids is 1. The number of nitrogen functional groups attached to an aromatic ring is 1. The van der Waals surface area contributed by atoms with Gasteiger partial charge in [-0.2, -0.15) is 0 Å². The van der Waals surface area contributed by atoms with E-state index in [9.17, 15) is 4.79 Å². The van der Waals surface area contributed by atoms with Crippen molar-refractivity contribution in [3.8, 4) is 11.5 Å². The van der Waals surface area contributed by atoms with Crippen LogP contribution >= 0.6 is 34.8 Å². The quantitative estimate of drug-likeness (QED) is 0.492. The number of halogens is 3. The molecule has 2 aromatic rings. The van der Waals surface area contributed by atoms with E-state index in [1.54, 1.807) is 0 Å². The van der Waals surface area contributed by atoms with Crippen LogP contribution in [-0.4, -0.2) is 13.1 Å². The van der Waals surface area contributed by atoms with Crippen molar-refractivity contribution in [1.82, 2.24) is 0 Å². The lowest BCUT2D eigenvalue weighted by molar-refractivity contribution is 0.0600. The molecule has 2 aromatic carbocycles. The van der Waals surface area contributed by atoms with E-state index in [0.29, 0.717) is 21.3 Å². The highest BCUT2D eigenvalue weighted by Crippen LogP contribution is 2.38. The van der Waals surface area contributed by atoms with E-state index in [0.717, 1.165) is 0 Å². The first kappa shape index (κ1) is 15.8. The van der Waals surface area contributed by atoms with Crippen LogP contribution in [0, 0.1) is 0 Å². The standard InChI is InChI=1S/C14H10Cl3NO3/c1-20-14(19)7-2-3-11(18)13(4-7)21-12-6-9(16)8(15)5-10(12)17/h2-6H,18H2,1H3. The van der Waals surface area contributed by atoms with Crippen LogP contribution < -0.4 is 10.5 Å². The number of anilines is 1. The molecule has 0 radical (unpaired) electrons. The van der Waals surface area contributed by atoms with Crippen LogP contribution in [0.15, 0.2) is 30.3 Å². The van der Waals surface area contributed by atoms with Gasteiger partial charge in [0, 0.05) is 6.07 Å². The molecule has 0 saturated heterocycles. The maximum Gasteiger partial charge on any atom is 0.337 e. The molecule has 21 heavy (non-hydrogen) atoms. The number of carbonyl (C=O) groups is 1. The van der Waals surface area contributed by atoms with E-state index in [1.165, 1.54) is 37.4 Å². The van der Waals surface area contributed by atoms with Crippen LogP contribution in [0.5, 0.6) is 11.5 Å². The third-order valence-electron chi connectivity index (χ3n) is 2.63. The Morgan fingerprint density at radius 2 is 1.67 bits per heavy atom. The zero-order chi connectivity index (χ0) is 15.6. The third kappa shape index (κ3) is 3.53. The first-order chi connectivity index (χ1) is 9.92. The van der Waals surface area contributed by atoms with Crippen molar-refractivity contribution in [3.63, 3.8) is 0 Å². The van der Waals surface area contributed by atoms with Gasteiger partial charge in [0.1, 0.15) is 5.75 Å². The largest absolute Gasteiger partial charge is 0.465 e. The normalized spacial score (nSPS) is 10.3. The van der Waals surface area contributed by atoms with E-state index in [4.69, 9.17) is 45.3 Å². The number of nitrogens with two attached hydrogens (primary N) is 1. The Morgan fingerprint density at radius 3 is 2.33 bits per heavy atom. The van der Waals surface area contributed by atoms with Gasteiger partial charge in [0.05, 0.1) is 33.4 Å². The van der Waals surface area contributed by atoms with Crippen molar-refractivity contribution in [2.24, 2.45) is 0 Å². The van der Waals surface area contributed by atoms with Crippen LogP contribution in [0.4, 0.5) is 5.69 Å². The summed E-state index contributed by atoms with van der Waals surface area (Å²) in [7, 11) is 1.29. The van der Waals surface area contributed by atoms with Gasteiger partial charge in [-0.25, -0.2) is 4.79 Å². The summed E-state index contributed by atoms with van der Waals surface area (Å²) in [6.07, 6.45) is 0. The second kappa shape index (κ2) is 6.43. The molecule has 2 N–H and O–H groups in total. The molecule has 0 aliphatic heterocycles. The number of hydrogen-bond acceptors (Lipinski definition) is 4. The summed E-state index contributed by atoms with van der Waals surface area (Å²) in [4.78, 5) is 11.5. The van der Waals surface area contributed by atoms with Crippen molar-refractivity contribution in [2.75, 3.05) is 12.8 Å². The molecule has 0 saturated carbocycles. The lowest BCUT2D eigenvalue weighted by Crippen LogP contribution is -2.02. The minimum Gasteiger partial charge on any atom is -0.465 e. The molecule has 7 heteroatoms. The van der Waals surface area contributed by atoms with Crippen LogP contribution in [0.1, 0.15) is 10.4 Å². The van der Waals surface area contributed by atoms with Crippen LogP contribution in [0.3, 0.4) is 0 Å². The lowest BCUT2D eigenvalue weighted by Gasteiger charge is -2.12. The average Bonchev–Trinajstić information content (AvgIpc) is 2.46. The second-order valence-electron chi connectivity index (χ2n) is 4.04. The number of hydrogen-bond donors (Lipinski definition) is 1. The number of benzene rings is 2. The number of esters is 1. The molecule has 0 aliphatic carbocycles. The molecule has 0 atom stereocenters. The summed E-state index contributed by atoms with van der Waals surface area (Å²) in [5.74, 6) is 0.0399. The van der Waals surface area contributed by atoms with Crippen LogP contribution in [0.25, 0.3) is 0 Å². The molecule has 0 bridgehead atoms. The average molecular weight is 347 g/mol. The van der Waals surface area contributed by atoms with Gasteiger partial charge in [-0.1, -0.05) is 34.8 Å². The van der Waals surface area contributed by atoms with Gasteiger partial charge < -0.3 is 15.2 Å². The first-order valence-electron chi connectivity index (χ1n) is 5.72. The maximum absolute atomic E-state index is 11.5. The molecule has 0 unspecified atom stereocenters. The second-order valence-corrected chi connectivity index (χ2v) is 5.26. The molecule has 110 valence electrons. The Balaban J connectivity index is 2.39. The molecule has 0 spiro atoms. The summed E-state index contributed by atoms with van der Waals surface area (Å²) in [6.45, 7) is 0. The van der Waals surface area contributed by atoms with Gasteiger partial charge in [-0.05, 0) is 24.3 Å². The molecule has 0 amide bonds. The van der Waals surface area contributed by atoms with Crippen LogP contribution in [0.2, 0.25) is 15.1 Å². The Kier molecular flexibility index (Phi) is 4.83. The summed E-state index contributed by atoms with van der Waals surface area (Å²) in [5.41, 5.74) is 6.46. The van der Waals surface area contributed by atoms with E-state index >= 15 is 0 Å². The maximum atomic E-state index is 11.5. The Labute approximate surface area is 136 Å². The molecule has 0 aliphatic rings. The Morgan fingerprint density at radius 1 is 1.00 bits per heavy atom. The Hall–Kier alpha value is -1.62. The SMILES string of the molecule is COC(=O)c1ccc(N)c(Oc2cc(Cl)c(Cl)cc2Cl)c1. The van der Waals surface area contributed by atoms with Crippen molar-refractivity contribution in [3.05, 3.63) is 51.0 Å². The minimum atomic E-state index is -0.500. The van der Waals surface area contributed by atoms with Crippen molar-refractivity contribution in [1.29, 1.82) is 0 Å². The van der Waals surface area contributed by atoms with Gasteiger partial charge in [-0.3, -0.25) is 0 Å². The van der Waals surface area contributed by atoms with E-state index < -0.39 is 5.97 Å². The lowest BCUT2D eigenvalue weighted by atomic mass is 10.2. The molecule has 0 aromatic heterocycles.